The molecule has 15 heavy (non-hydrogen) atoms. The van der Waals surface area contributed by atoms with Crippen molar-refractivity contribution in [2.45, 2.75) is 12.4 Å². The van der Waals surface area contributed by atoms with Crippen molar-refractivity contribution in [2.24, 2.45) is 5.73 Å². The maximum absolute atomic E-state index is 10.9. The highest BCUT2D eigenvalue weighted by atomic mass is 16.4. The van der Waals surface area contributed by atoms with Gasteiger partial charge in [0.1, 0.15) is 6.02 Å². The van der Waals surface area contributed by atoms with Crippen LogP contribution < -0.4 is 5.73 Å². The van der Waals surface area contributed by atoms with E-state index >= 15 is 0 Å². The molecule has 0 bridgehead atoms. The summed E-state index contributed by atoms with van der Waals surface area (Å²) >= 11 is 0. The van der Waals surface area contributed by atoms with Crippen LogP contribution in [0.5, 0.6) is 0 Å². The molecule has 0 aliphatic rings. The van der Waals surface area contributed by atoms with Crippen LogP contribution in [0.25, 0.3) is 10.9 Å². The third-order valence-electron chi connectivity index (χ3n) is 2.09. The molecule has 78 valence electrons. The first kappa shape index (κ1) is 6.63. The Balaban J connectivity index is 2.64. The van der Waals surface area contributed by atoms with E-state index in [0.717, 1.165) is 0 Å². The molecule has 0 aliphatic carbocycles. The van der Waals surface area contributed by atoms with Crippen LogP contribution in [0.4, 0.5) is 0 Å². The van der Waals surface area contributed by atoms with Crippen LogP contribution >= 0.6 is 0 Å². The molecule has 1 heterocycles. The summed E-state index contributed by atoms with van der Waals surface area (Å²) in [4.78, 5) is 13.8. The molecule has 0 unspecified atom stereocenters. The molecule has 0 fully saturated rings. The Morgan fingerprint density at radius 1 is 1.67 bits per heavy atom. The van der Waals surface area contributed by atoms with Crippen molar-refractivity contribution < 1.29 is 14.0 Å². The zero-order valence-corrected chi connectivity index (χ0v) is 7.82. The van der Waals surface area contributed by atoms with E-state index in [1.807, 2.05) is 0 Å². The molecule has 0 saturated heterocycles. The van der Waals surface area contributed by atoms with Gasteiger partial charge in [0, 0.05) is 26.2 Å². The Hall–Kier alpha value is -1.81. The Kier molecular flexibility index (Phi) is 1.66. The number of carbonyl (C=O) groups is 1. The summed E-state index contributed by atoms with van der Waals surface area (Å²) < 4.78 is 23.2. The largest absolute Gasteiger partial charge is 0.480 e. The lowest BCUT2D eigenvalue weighted by molar-refractivity contribution is -0.138. The number of carboxylic acid groups (broad SMARTS) is 1. The molecule has 0 amide bonds. The Morgan fingerprint density at radius 2 is 2.40 bits per heavy atom. The molecule has 1 aromatic carbocycles. The molecule has 4 heteroatoms. The summed E-state index contributed by atoms with van der Waals surface area (Å²) in [5.74, 6) is -1.71. The zero-order valence-electron chi connectivity index (χ0n) is 10.8. The quantitative estimate of drug-likeness (QED) is 0.705. The number of aromatic nitrogens is 1. The maximum atomic E-state index is 10.9. The van der Waals surface area contributed by atoms with Crippen molar-refractivity contribution in [2.75, 3.05) is 0 Å². The average Bonchev–Trinajstić information content (AvgIpc) is 2.72. The molecule has 0 radical (unpaired) electrons. The van der Waals surface area contributed by atoms with E-state index in [0.29, 0.717) is 10.9 Å². The summed E-state index contributed by atoms with van der Waals surface area (Å²) in [5, 5.41) is 9.40. The lowest BCUT2D eigenvalue weighted by atomic mass is 10.1. The molecule has 4 N–H and O–H groups in total. The summed E-state index contributed by atoms with van der Waals surface area (Å²) in [6.07, 6.45) is -1.16. The molecule has 2 aromatic rings. The van der Waals surface area contributed by atoms with Gasteiger partial charge in [0.25, 0.3) is 0 Å². The average molecular weight is 207 g/mol. The van der Waals surface area contributed by atoms with Crippen LogP contribution in [0.1, 0.15) is 9.68 Å². The topological polar surface area (TPSA) is 79.1 Å². The van der Waals surface area contributed by atoms with Crippen LogP contribution in [-0.4, -0.2) is 22.1 Å². The summed E-state index contributed by atoms with van der Waals surface area (Å²) in [5.41, 5.74) is 6.03. The predicted molar refractivity (Wildman–Crippen MR) is 57.6 cm³/mol. The van der Waals surface area contributed by atoms with Crippen LogP contribution in [0, 0.1) is 0 Å². The molecule has 4 nitrogen and oxygen atoms in total. The highest BCUT2D eigenvalue weighted by Gasteiger charge is 2.14. The standard InChI is InChI=1S/C11H12N2O2/c12-9(11(14)15)5-7-6-13-10-4-2-1-3-8(7)10/h1-4,6,9,13H,5,12H2,(H,14,15)/t9-/m0/s1/i5D2,9D. The number of carboxylic acids is 1. The summed E-state index contributed by atoms with van der Waals surface area (Å²) in [6.45, 7) is 0. The normalized spacial score (nSPS) is 18.9. The van der Waals surface area contributed by atoms with Crippen molar-refractivity contribution >= 4 is 16.9 Å². The van der Waals surface area contributed by atoms with Crippen molar-refractivity contribution in [1.82, 2.24) is 4.98 Å². The first-order chi connectivity index (χ1) is 8.28. The fourth-order valence-corrected chi connectivity index (χ4v) is 1.37. The number of rotatable bonds is 3. The van der Waals surface area contributed by atoms with E-state index in [4.69, 9.17) is 15.0 Å². The number of nitrogens with two attached hydrogens (primary N) is 1. The lowest BCUT2D eigenvalue weighted by Crippen LogP contribution is -2.32. The van der Waals surface area contributed by atoms with Crippen LogP contribution in [0.2, 0.25) is 0 Å². The van der Waals surface area contributed by atoms with Gasteiger partial charge in [-0.2, -0.15) is 0 Å². The SMILES string of the molecule is [2H]C([2H])(c1c[nH]c2ccccc12)[C@]([2H])(N)C(=O)O. The number of aliphatic carboxylic acids is 1. The molecule has 1 aromatic heterocycles. The van der Waals surface area contributed by atoms with E-state index in [2.05, 4.69) is 4.98 Å². The monoisotopic (exact) mass is 207 g/mol. The second-order valence-electron chi connectivity index (χ2n) is 3.09. The molecule has 0 aliphatic heterocycles. The predicted octanol–water partition coefficient (Wildman–Crippen LogP) is 1.12. The molecule has 2 rings (SSSR count). The van der Waals surface area contributed by atoms with Gasteiger partial charge in [-0.3, -0.25) is 4.79 Å². The fraction of sp³-hybridized carbons (Fsp3) is 0.182. The molecular formula is C11H12N2O2. The minimum atomic E-state index is -2.75. The van der Waals surface area contributed by atoms with Crippen LogP contribution in [0.3, 0.4) is 0 Å². The van der Waals surface area contributed by atoms with Crippen LogP contribution in [0.15, 0.2) is 30.5 Å². The lowest BCUT2D eigenvalue weighted by Gasteiger charge is -2.04. The van der Waals surface area contributed by atoms with E-state index in [9.17, 15) is 4.79 Å². The fourth-order valence-electron chi connectivity index (χ4n) is 1.37. The maximum Gasteiger partial charge on any atom is 0.320 e. The number of benzene rings is 1. The molecule has 0 saturated carbocycles. The van der Waals surface area contributed by atoms with Gasteiger partial charge in [0.05, 0.1) is 1.37 Å². The zero-order chi connectivity index (χ0) is 13.6. The number of hydrogen-bond donors (Lipinski definition) is 3. The van der Waals surface area contributed by atoms with Gasteiger partial charge in [0.2, 0.25) is 0 Å². The van der Waals surface area contributed by atoms with E-state index in [1.54, 1.807) is 24.3 Å². The number of aromatic amines is 1. The van der Waals surface area contributed by atoms with Gasteiger partial charge in [0.15, 0.2) is 0 Å². The van der Waals surface area contributed by atoms with Gasteiger partial charge in [-0.05, 0) is 11.6 Å². The van der Waals surface area contributed by atoms with Gasteiger partial charge in [-0.15, -0.1) is 0 Å². The number of H-pyrrole nitrogens is 1. The van der Waals surface area contributed by atoms with Crippen molar-refractivity contribution in [3.8, 4) is 0 Å². The minimum absolute atomic E-state index is 0.0676. The molecule has 0 spiro atoms. The highest BCUT2D eigenvalue weighted by Crippen LogP contribution is 2.18. The highest BCUT2D eigenvalue weighted by molar-refractivity contribution is 5.84. The summed E-state index contributed by atoms with van der Waals surface area (Å²) in [6, 6.07) is 4.11. The van der Waals surface area contributed by atoms with Gasteiger partial charge in [-0.1, -0.05) is 18.2 Å². The molecule has 1 atom stereocenters. The van der Waals surface area contributed by atoms with Gasteiger partial charge >= 0.3 is 5.97 Å². The van der Waals surface area contributed by atoms with Gasteiger partial charge < -0.3 is 15.8 Å². The van der Waals surface area contributed by atoms with E-state index in [1.165, 1.54) is 6.20 Å². The number of hydrogen-bond acceptors (Lipinski definition) is 2. The van der Waals surface area contributed by atoms with Crippen molar-refractivity contribution in [3.63, 3.8) is 0 Å². The number of para-hydroxylation sites is 1. The van der Waals surface area contributed by atoms with Crippen molar-refractivity contribution in [1.29, 1.82) is 0 Å². The second-order valence-corrected chi connectivity index (χ2v) is 3.09. The third kappa shape index (κ3) is 1.85. The first-order valence-corrected chi connectivity index (χ1v) is 4.37. The smallest absolute Gasteiger partial charge is 0.320 e. The van der Waals surface area contributed by atoms with E-state index in [-0.39, 0.29) is 5.56 Å². The summed E-state index contributed by atoms with van der Waals surface area (Å²) in [7, 11) is 0. The first-order valence-electron chi connectivity index (χ1n) is 5.87. The second kappa shape index (κ2) is 3.74. The number of fused-ring (bicyclic) bond motifs is 1. The van der Waals surface area contributed by atoms with Gasteiger partial charge in [-0.25, -0.2) is 0 Å². The molecular weight excluding hydrogens is 192 g/mol. The minimum Gasteiger partial charge on any atom is -0.480 e. The van der Waals surface area contributed by atoms with Crippen LogP contribution in [-0.2, 0) is 11.2 Å². The van der Waals surface area contributed by atoms with E-state index < -0.39 is 18.4 Å². The Morgan fingerprint density at radius 3 is 3.13 bits per heavy atom. The third-order valence-corrected chi connectivity index (χ3v) is 2.09. The Bertz CT molecular complexity index is 607. The number of nitrogens with one attached hydrogen (secondary N) is 1. The Labute approximate surface area is 90.9 Å². The van der Waals surface area contributed by atoms with Crippen molar-refractivity contribution in [3.05, 3.63) is 36.0 Å².